The molecule has 0 aromatic carbocycles. The zero-order valence-corrected chi connectivity index (χ0v) is 14.8. The zero-order valence-electron chi connectivity index (χ0n) is 12.8. The third kappa shape index (κ3) is 3.97. The van der Waals surface area contributed by atoms with Gasteiger partial charge in [-0.1, -0.05) is 13.8 Å². The number of likely N-dealkylation sites (tertiary alicyclic amines) is 1. The van der Waals surface area contributed by atoms with E-state index < -0.39 is 30.0 Å². The molecule has 0 saturated carbocycles. The SMILES string of the molecule is CC(C)CN1CCC2(CC1)NC(=O)N(CC(=O)[O-])C2=O.[Na+]. The zero-order chi connectivity index (χ0) is 14.9. The van der Waals surface area contributed by atoms with E-state index >= 15 is 0 Å². The van der Waals surface area contributed by atoms with Crippen molar-refractivity contribution in [2.75, 3.05) is 26.2 Å². The first kappa shape index (κ1) is 18.4. The topological polar surface area (TPSA) is 92.8 Å². The summed E-state index contributed by atoms with van der Waals surface area (Å²) in [6, 6.07) is -0.628. The first-order chi connectivity index (χ1) is 9.34. The van der Waals surface area contributed by atoms with Crippen molar-refractivity contribution in [2.45, 2.75) is 32.2 Å². The molecule has 7 nitrogen and oxygen atoms in total. The van der Waals surface area contributed by atoms with Crippen LogP contribution in [0.2, 0.25) is 0 Å². The van der Waals surface area contributed by atoms with Crippen molar-refractivity contribution in [3.63, 3.8) is 0 Å². The number of carbonyl (C=O) groups is 3. The number of nitrogens with one attached hydrogen (secondary N) is 1. The molecule has 2 fully saturated rings. The molecule has 2 rings (SSSR count). The number of rotatable bonds is 4. The van der Waals surface area contributed by atoms with Crippen LogP contribution in [0.5, 0.6) is 0 Å². The minimum absolute atomic E-state index is 0. The number of piperidine rings is 1. The van der Waals surface area contributed by atoms with E-state index in [2.05, 4.69) is 24.1 Å². The van der Waals surface area contributed by atoms with Crippen molar-refractivity contribution in [3.8, 4) is 0 Å². The monoisotopic (exact) mass is 305 g/mol. The van der Waals surface area contributed by atoms with Crippen molar-refractivity contribution in [1.29, 1.82) is 0 Å². The summed E-state index contributed by atoms with van der Waals surface area (Å²) >= 11 is 0. The van der Waals surface area contributed by atoms with Gasteiger partial charge in [-0.15, -0.1) is 0 Å². The van der Waals surface area contributed by atoms with Crippen LogP contribution in [0.1, 0.15) is 26.7 Å². The maximum Gasteiger partial charge on any atom is 1.00 e. The average molecular weight is 305 g/mol. The van der Waals surface area contributed by atoms with E-state index in [4.69, 9.17) is 0 Å². The van der Waals surface area contributed by atoms with Crippen LogP contribution in [-0.2, 0) is 9.59 Å². The van der Waals surface area contributed by atoms with Crippen LogP contribution in [0.3, 0.4) is 0 Å². The van der Waals surface area contributed by atoms with Crippen LogP contribution in [0.4, 0.5) is 4.79 Å². The van der Waals surface area contributed by atoms with Gasteiger partial charge in [0.05, 0.1) is 12.5 Å². The normalized spacial score (nSPS) is 21.6. The maximum atomic E-state index is 12.3. The molecule has 2 saturated heterocycles. The molecule has 0 aromatic rings. The second-order valence-corrected chi connectivity index (χ2v) is 5.97. The van der Waals surface area contributed by atoms with E-state index in [9.17, 15) is 19.5 Å². The molecule has 2 aliphatic heterocycles. The van der Waals surface area contributed by atoms with Gasteiger partial charge in [-0.25, -0.2) is 4.79 Å². The molecule has 1 N–H and O–H groups in total. The predicted molar refractivity (Wildman–Crippen MR) is 68.5 cm³/mol. The van der Waals surface area contributed by atoms with Gasteiger partial charge in [-0.05, 0) is 18.8 Å². The molecular formula is C13H20N3NaO4. The summed E-state index contributed by atoms with van der Waals surface area (Å²) in [7, 11) is 0. The van der Waals surface area contributed by atoms with E-state index in [1.165, 1.54) is 0 Å². The van der Waals surface area contributed by atoms with Gasteiger partial charge >= 0.3 is 35.6 Å². The smallest absolute Gasteiger partial charge is 0.548 e. The van der Waals surface area contributed by atoms with E-state index in [-0.39, 0.29) is 29.6 Å². The number of aliphatic carboxylic acids is 1. The van der Waals surface area contributed by atoms with Crippen molar-refractivity contribution in [2.24, 2.45) is 5.92 Å². The number of hydrogen-bond acceptors (Lipinski definition) is 5. The van der Waals surface area contributed by atoms with Gasteiger partial charge in [0.25, 0.3) is 5.91 Å². The standard InChI is InChI=1S/C13H21N3O4.Na/c1-9(2)7-15-5-3-13(4-6-15)11(19)16(8-10(17)18)12(20)14-13;/h9H,3-8H2,1-2H3,(H,14,20)(H,17,18);/q;+1/p-1. The second kappa shape index (κ2) is 7.09. The number of carboxylic acids is 1. The molecule has 21 heavy (non-hydrogen) atoms. The number of urea groups is 1. The van der Waals surface area contributed by atoms with Gasteiger partial charge in [0, 0.05) is 19.6 Å². The minimum atomic E-state index is -1.43. The molecule has 0 atom stereocenters. The van der Waals surface area contributed by atoms with Crippen molar-refractivity contribution in [1.82, 2.24) is 15.1 Å². The summed E-state index contributed by atoms with van der Waals surface area (Å²) in [5.41, 5.74) is -0.917. The maximum absolute atomic E-state index is 12.3. The van der Waals surface area contributed by atoms with Crippen LogP contribution in [0.15, 0.2) is 0 Å². The first-order valence-electron chi connectivity index (χ1n) is 6.90. The van der Waals surface area contributed by atoms with Crippen LogP contribution in [0, 0.1) is 5.92 Å². The van der Waals surface area contributed by atoms with Gasteiger partial charge in [0.2, 0.25) is 0 Å². The molecule has 0 bridgehead atoms. The van der Waals surface area contributed by atoms with Crippen LogP contribution in [0.25, 0.3) is 0 Å². The summed E-state index contributed by atoms with van der Waals surface area (Å²) in [5, 5.41) is 13.3. The van der Waals surface area contributed by atoms with Crippen LogP contribution < -0.4 is 40.0 Å². The second-order valence-electron chi connectivity index (χ2n) is 5.97. The Morgan fingerprint density at radius 1 is 1.33 bits per heavy atom. The minimum Gasteiger partial charge on any atom is -0.548 e. The number of imide groups is 1. The van der Waals surface area contributed by atoms with Gasteiger partial charge < -0.3 is 20.1 Å². The van der Waals surface area contributed by atoms with Gasteiger partial charge in [0.1, 0.15) is 5.54 Å². The third-order valence-corrected chi connectivity index (χ3v) is 3.87. The molecule has 8 heteroatoms. The fourth-order valence-corrected chi connectivity index (χ4v) is 2.92. The van der Waals surface area contributed by atoms with Crippen LogP contribution >= 0.6 is 0 Å². The molecule has 112 valence electrons. The van der Waals surface area contributed by atoms with E-state index in [1.807, 2.05) is 0 Å². The van der Waals surface area contributed by atoms with Crippen LogP contribution in [-0.4, -0.2) is 59.4 Å². The molecule has 0 unspecified atom stereocenters. The van der Waals surface area contributed by atoms with Gasteiger partial charge in [-0.3, -0.25) is 9.69 Å². The Hall–Kier alpha value is -0.630. The fourth-order valence-electron chi connectivity index (χ4n) is 2.92. The number of carbonyl (C=O) groups excluding carboxylic acids is 3. The Bertz CT molecular complexity index is 433. The van der Waals surface area contributed by atoms with Gasteiger partial charge in [0.15, 0.2) is 0 Å². The number of hydrogen-bond donors (Lipinski definition) is 1. The molecule has 0 radical (unpaired) electrons. The quantitative estimate of drug-likeness (QED) is 0.420. The summed E-state index contributed by atoms with van der Waals surface area (Å²) in [5.74, 6) is -1.31. The molecule has 0 aromatic heterocycles. The number of amides is 3. The molecule has 0 aliphatic carbocycles. The van der Waals surface area contributed by atoms with E-state index in [0.29, 0.717) is 18.8 Å². The van der Waals surface area contributed by atoms with Crippen molar-refractivity contribution < 1.29 is 49.0 Å². The Morgan fingerprint density at radius 3 is 2.38 bits per heavy atom. The van der Waals surface area contributed by atoms with E-state index in [0.717, 1.165) is 24.5 Å². The molecular weight excluding hydrogens is 285 g/mol. The number of nitrogens with zero attached hydrogens (tertiary/aromatic N) is 2. The Labute approximate surface area is 146 Å². The van der Waals surface area contributed by atoms with Crippen molar-refractivity contribution >= 4 is 17.9 Å². The predicted octanol–water partition coefficient (Wildman–Crippen LogP) is -4.22. The largest absolute Gasteiger partial charge is 1.00 e. The Morgan fingerprint density at radius 2 is 1.90 bits per heavy atom. The summed E-state index contributed by atoms with van der Waals surface area (Å²) in [6.45, 7) is 6.00. The molecule has 3 amide bonds. The Kier molecular flexibility index (Phi) is 6.22. The summed E-state index contributed by atoms with van der Waals surface area (Å²) < 4.78 is 0. The third-order valence-electron chi connectivity index (χ3n) is 3.87. The van der Waals surface area contributed by atoms with Gasteiger partial charge in [-0.2, -0.15) is 0 Å². The summed E-state index contributed by atoms with van der Waals surface area (Å²) in [4.78, 5) is 37.6. The van der Waals surface area contributed by atoms with E-state index in [1.54, 1.807) is 0 Å². The Balaban J connectivity index is 0.00000220. The molecule has 1 spiro atoms. The molecule has 2 heterocycles. The molecule has 2 aliphatic rings. The first-order valence-corrected chi connectivity index (χ1v) is 6.90. The summed E-state index contributed by atoms with van der Waals surface area (Å²) in [6.07, 6.45) is 1.04. The van der Waals surface area contributed by atoms with Crippen molar-refractivity contribution in [3.05, 3.63) is 0 Å². The number of carboxylic acid groups (broad SMARTS) is 1. The average Bonchev–Trinajstić information content (AvgIpc) is 2.56. The fraction of sp³-hybridized carbons (Fsp3) is 0.769.